The zero-order valence-corrected chi connectivity index (χ0v) is 16.6. The van der Waals surface area contributed by atoms with Crippen LogP contribution >= 0.6 is 0 Å². The molecule has 0 aliphatic carbocycles. The van der Waals surface area contributed by atoms with E-state index in [-0.39, 0.29) is 5.82 Å². The van der Waals surface area contributed by atoms with E-state index in [0.717, 1.165) is 16.5 Å². The lowest BCUT2D eigenvalue weighted by Crippen LogP contribution is -2.49. The van der Waals surface area contributed by atoms with Gasteiger partial charge in [-0.1, -0.05) is 0 Å². The van der Waals surface area contributed by atoms with E-state index in [1.165, 1.54) is 7.11 Å². The number of hydrogen-bond acceptors (Lipinski definition) is 7. The largest absolute Gasteiger partial charge is 0.496 e. The number of nitrogens with two attached hydrogens (primary N) is 1. The molecule has 0 fully saturated rings. The van der Waals surface area contributed by atoms with Gasteiger partial charge in [-0.05, 0) is 49.7 Å². The average Bonchev–Trinajstić information content (AvgIpc) is 3.33. The number of rotatable bonds is 5. The summed E-state index contributed by atoms with van der Waals surface area (Å²) in [7, 11) is 1.52. The van der Waals surface area contributed by atoms with Crippen molar-refractivity contribution in [3.63, 3.8) is 0 Å². The highest BCUT2D eigenvalue weighted by Gasteiger charge is 2.43. The minimum atomic E-state index is -2.95. The summed E-state index contributed by atoms with van der Waals surface area (Å²) in [6.07, 6.45) is -1.18. The Morgan fingerprint density at radius 1 is 1.23 bits per heavy atom. The number of aliphatic hydroxyl groups is 2. The van der Waals surface area contributed by atoms with Crippen molar-refractivity contribution in [3.05, 3.63) is 59.0 Å². The number of hydrogen-bond donors (Lipinski definition) is 5. The highest BCUT2D eigenvalue weighted by atomic mass is 16.8. The maximum Gasteiger partial charge on any atom is 0.344 e. The fourth-order valence-electron chi connectivity index (χ4n) is 3.85. The van der Waals surface area contributed by atoms with E-state index in [1.807, 2.05) is 19.1 Å². The first kappa shape index (κ1) is 19.9. The van der Waals surface area contributed by atoms with Crippen LogP contribution in [0.15, 0.2) is 36.5 Å². The highest BCUT2D eigenvalue weighted by Crippen LogP contribution is 2.44. The van der Waals surface area contributed by atoms with Gasteiger partial charge in [0.2, 0.25) is 0 Å². The summed E-state index contributed by atoms with van der Waals surface area (Å²) < 4.78 is 11.2. The summed E-state index contributed by atoms with van der Waals surface area (Å²) in [6, 6.07) is 10.7. The van der Waals surface area contributed by atoms with Gasteiger partial charge in [0.1, 0.15) is 11.6 Å². The van der Waals surface area contributed by atoms with E-state index in [0.29, 0.717) is 27.9 Å². The maximum absolute atomic E-state index is 9.95. The molecule has 0 spiro atoms. The molecule has 154 valence electrons. The number of aryl methyl sites for hydroxylation is 1. The van der Waals surface area contributed by atoms with Crippen LogP contribution in [0.5, 0.6) is 5.75 Å². The number of imidazole rings is 1. The van der Waals surface area contributed by atoms with E-state index in [9.17, 15) is 15.5 Å². The predicted molar refractivity (Wildman–Crippen MR) is 109 cm³/mol. The third-order valence-electron chi connectivity index (χ3n) is 5.12. The van der Waals surface area contributed by atoms with E-state index in [2.05, 4.69) is 21.0 Å². The van der Waals surface area contributed by atoms with Crippen molar-refractivity contribution in [3.8, 4) is 11.8 Å². The number of nitrogens with one attached hydrogen (secondary N) is 2. The van der Waals surface area contributed by atoms with Gasteiger partial charge in [0.25, 0.3) is 0 Å². The number of nitrogens with zero attached hydrogens (tertiary/aromatic N) is 2. The number of H-pyrrole nitrogens is 2. The van der Waals surface area contributed by atoms with Gasteiger partial charge < -0.3 is 24.9 Å². The van der Waals surface area contributed by atoms with Gasteiger partial charge in [-0.15, -0.1) is 0 Å². The summed E-state index contributed by atoms with van der Waals surface area (Å²) in [4.78, 5) is 10.9. The van der Waals surface area contributed by atoms with Crippen LogP contribution in [0, 0.1) is 18.3 Å². The summed E-state index contributed by atoms with van der Waals surface area (Å²) >= 11 is 0. The molecule has 1 atom stereocenters. The topological polar surface area (TPSA) is 153 Å². The fraction of sp³-hybridized carbons (Fsp3) is 0.238. The summed E-state index contributed by atoms with van der Waals surface area (Å²) in [5.74, 6) is 0.722. The lowest BCUT2D eigenvalue weighted by molar-refractivity contribution is -0.368. The second kappa shape index (κ2) is 6.83. The van der Waals surface area contributed by atoms with Crippen LogP contribution < -0.4 is 10.5 Å². The molecule has 0 saturated heterocycles. The van der Waals surface area contributed by atoms with Crippen LogP contribution in [0.3, 0.4) is 0 Å². The van der Waals surface area contributed by atoms with Crippen LogP contribution in [0.25, 0.3) is 21.9 Å². The molecule has 4 aromatic rings. The quantitative estimate of drug-likeness (QED) is 0.317. The molecule has 9 heteroatoms. The Kier molecular flexibility index (Phi) is 4.52. The van der Waals surface area contributed by atoms with Crippen LogP contribution in [-0.2, 0) is 10.3 Å². The zero-order valence-electron chi connectivity index (χ0n) is 16.6. The van der Waals surface area contributed by atoms with Crippen LogP contribution in [0.2, 0.25) is 0 Å². The van der Waals surface area contributed by atoms with Crippen LogP contribution in [0.4, 0.5) is 0 Å². The molecule has 2 aromatic heterocycles. The van der Waals surface area contributed by atoms with Gasteiger partial charge in [-0.3, -0.25) is 10.5 Å². The van der Waals surface area contributed by atoms with Crippen molar-refractivity contribution in [2.45, 2.75) is 25.5 Å². The van der Waals surface area contributed by atoms with Gasteiger partial charge in [0, 0.05) is 22.7 Å². The molecule has 0 amide bonds. The number of ether oxygens (including phenoxy) is 2. The third kappa shape index (κ3) is 3.18. The molecule has 6 N–H and O–H groups in total. The van der Waals surface area contributed by atoms with Crippen LogP contribution in [0.1, 0.15) is 29.4 Å². The number of methoxy groups -OCH3 is 1. The van der Waals surface area contributed by atoms with E-state index in [1.54, 1.807) is 31.3 Å². The minimum Gasteiger partial charge on any atom is -0.496 e. The number of nitriles is 1. The Labute approximate surface area is 171 Å². The van der Waals surface area contributed by atoms with Crippen molar-refractivity contribution >= 4 is 21.9 Å². The third-order valence-corrected chi connectivity index (χ3v) is 5.12. The first-order chi connectivity index (χ1) is 14.2. The molecule has 2 heterocycles. The lowest BCUT2D eigenvalue weighted by Gasteiger charge is -2.34. The molecule has 1 unspecified atom stereocenters. The van der Waals surface area contributed by atoms with Gasteiger partial charge in [-0.2, -0.15) is 5.26 Å². The Hall–Kier alpha value is -3.42. The van der Waals surface area contributed by atoms with Crippen molar-refractivity contribution in [1.82, 2.24) is 15.0 Å². The molecule has 30 heavy (non-hydrogen) atoms. The van der Waals surface area contributed by atoms with E-state index in [4.69, 9.17) is 15.2 Å². The Bertz CT molecular complexity index is 1290. The average molecular weight is 407 g/mol. The number of aromatic amines is 2. The molecular weight excluding hydrogens is 386 g/mol. The summed E-state index contributed by atoms with van der Waals surface area (Å²) in [5, 5.41) is 29.8. The molecule has 4 rings (SSSR count). The molecule has 0 aliphatic heterocycles. The molecular formula is C21H21N5O4. The van der Waals surface area contributed by atoms with Crippen molar-refractivity contribution in [1.29, 1.82) is 5.26 Å². The molecule has 0 bridgehead atoms. The fourth-order valence-corrected chi connectivity index (χ4v) is 3.85. The Morgan fingerprint density at radius 2 is 2.00 bits per heavy atom. The van der Waals surface area contributed by atoms with Crippen molar-refractivity contribution in [2.24, 2.45) is 5.73 Å². The second-order valence-electron chi connectivity index (χ2n) is 7.26. The molecule has 0 aliphatic rings. The second-order valence-corrected chi connectivity index (χ2v) is 7.26. The molecule has 0 saturated carbocycles. The number of fused-ring (bicyclic) bond motifs is 2. The highest BCUT2D eigenvalue weighted by molar-refractivity contribution is 5.89. The van der Waals surface area contributed by atoms with Crippen LogP contribution in [-0.4, -0.2) is 38.4 Å². The monoisotopic (exact) mass is 407 g/mol. The zero-order chi connectivity index (χ0) is 21.7. The van der Waals surface area contributed by atoms with Gasteiger partial charge >= 0.3 is 6.10 Å². The number of aromatic nitrogens is 3. The normalized spacial score (nSPS) is 14.0. The first-order valence-electron chi connectivity index (χ1n) is 9.15. The maximum atomic E-state index is 9.95. The molecule has 9 nitrogen and oxygen atoms in total. The van der Waals surface area contributed by atoms with Crippen molar-refractivity contribution < 1.29 is 19.7 Å². The van der Waals surface area contributed by atoms with Crippen molar-refractivity contribution in [2.75, 3.05) is 7.11 Å². The number of benzene rings is 2. The summed E-state index contributed by atoms with van der Waals surface area (Å²) in [6.45, 7) is 3.54. The Morgan fingerprint density at radius 3 is 2.67 bits per heavy atom. The van der Waals surface area contributed by atoms with E-state index >= 15 is 0 Å². The molecule has 2 aromatic carbocycles. The van der Waals surface area contributed by atoms with Gasteiger partial charge in [0.15, 0.2) is 5.60 Å². The van der Waals surface area contributed by atoms with Gasteiger partial charge in [0.05, 0.1) is 29.8 Å². The summed E-state index contributed by atoms with van der Waals surface area (Å²) in [5.41, 5.74) is 7.78. The smallest absolute Gasteiger partial charge is 0.344 e. The standard InChI is InChI=1S/C21H21N5O4/c1-11-8-16(29-3)17(13-6-7-24-18(11)13)20(2,30-21(23,27)28)19-25-14-5-4-12(10-22)9-15(14)26-19/h4-9,24,27-28H,23H2,1-3H3,(H,25,26). The Balaban J connectivity index is 2.05. The van der Waals surface area contributed by atoms with E-state index < -0.39 is 11.7 Å². The SMILES string of the molecule is COc1cc(C)c2[nH]ccc2c1C(C)(OC(N)(O)O)c1nc2ccc(C#N)cc2[nH]1. The lowest BCUT2D eigenvalue weighted by atomic mass is 9.89. The predicted octanol–water partition coefficient (Wildman–Crippen LogP) is 2.07. The first-order valence-corrected chi connectivity index (χ1v) is 9.15. The minimum absolute atomic E-state index is 0.259. The van der Waals surface area contributed by atoms with Gasteiger partial charge in [-0.25, -0.2) is 4.98 Å². The molecule has 0 radical (unpaired) electrons.